The molecule has 0 amide bonds. The fourth-order valence-electron chi connectivity index (χ4n) is 8.27. The number of ether oxygens (including phenoxy) is 2. The van der Waals surface area contributed by atoms with Crippen molar-refractivity contribution in [2.75, 3.05) is 38.0 Å². The maximum Gasteiger partial charge on any atom is 0.268 e. The van der Waals surface area contributed by atoms with Crippen LogP contribution >= 0.6 is 0 Å². The molecular formula is C60H54N8O2Pt2-4. The average Bonchev–Trinajstić information content (AvgIpc) is 3.93. The van der Waals surface area contributed by atoms with Gasteiger partial charge in [0.05, 0.1) is 33.4 Å². The Bertz CT molecular complexity index is 3300. The summed E-state index contributed by atoms with van der Waals surface area (Å²) >= 11 is 0. The first-order valence-corrected chi connectivity index (χ1v) is 23.3. The summed E-state index contributed by atoms with van der Waals surface area (Å²) in [5.74, 6) is 1.97. The number of para-hydroxylation sites is 4. The number of hydrogen-bond donors (Lipinski definition) is 0. The normalized spacial score (nSPS) is 11.5. The number of benzene rings is 6. The first-order valence-electron chi connectivity index (χ1n) is 23.3. The Hall–Kier alpha value is -6.86. The van der Waals surface area contributed by atoms with Crippen molar-refractivity contribution in [3.8, 4) is 57.1 Å². The van der Waals surface area contributed by atoms with Crippen LogP contribution in [0.25, 0.3) is 56.2 Å². The summed E-state index contributed by atoms with van der Waals surface area (Å²) in [6, 6.07) is 59.2. The summed E-state index contributed by atoms with van der Waals surface area (Å²) in [6.07, 6.45) is 10.6. The largest absolute Gasteiger partial charge is 0.511 e. The number of imidazole rings is 2. The second-order valence-electron chi connectivity index (χ2n) is 19.8. The SMILES string of the molecule is CN(C)c1ccc(-n2[c-][n+](-c3[c-]c(Oc4[c-]c(-c5[c-]c(Oc6[c-]c(-[n+]7[c-]n(-c8ccc(N(C)C)cc8)c8ccccc87)cc(C(C)(C)C)c6)ccn5)ncc4)cc(C(C)(C)C)c3)c3ccccc32)cc1.[Pt].[Pt]. The van der Waals surface area contributed by atoms with Gasteiger partial charge >= 0.3 is 0 Å². The molecule has 0 aliphatic carbocycles. The van der Waals surface area contributed by atoms with Crippen molar-refractivity contribution in [2.24, 2.45) is 0 Å². The third kappa shape index (κ3) is 10.7. The maximum absolute atomic E-state index is 6.60. The minimum atomic E-state index is -0.200. The van der Waals surface area contributed by atoms with Gasteiger partial charge in [0.1, 0.15) is 0 Å². The van der Waals surface area contributed by atoms with Crippen LogP contribution in [-0.4, -0.2) is 47.3 Å². The average molecular weight is 1310 g/mol. The molecule has 0 aliphatic rings. The van der Waals surface area contributed by atoms with E-state index >= 15 is 0 Å². The number of fused-ring (bicyclic) bond motifs is 2. The molecule has 12 heteroatoms. The predicted molar refractivity (Wildman–Crippen MR) is 276 cm³/mol. The summed E-state index contributed by atoms with van der Waals surface area (Å²) in [4.78, 5) is 13.5. The van der Waals surface area contributed by atoms with Crippen LogP contribution in [-0.2, 0) is 53.0 Å². The smallest absolute Gasteiger partial charge is 0.268 e. The third-order valence-electron chi connectivity index (χ3n) is 12.3. The quantitative estimate of drug-likeness (QED) is 0.0949. The second kappa shape index (κ2) is 20.7. The Balaban J connectivity index is 0.00000347. The summed E-state index contributed by atoms with van der Waals surface area (Å²) < 4.78 is 21.5. The van der Waals surface area contributed by atoms with Gasteiger partial charge in [-0.1, -0.05) is 90.1 Å². The van der Waals surface area contributed by atoms with Crippen LogP contribution in [0, 0.1) is 36.9 Å². The summed E-state index contributed by atoms with van der Waals surface area (Å²) in [6.45, 7) is 13.1. The van der Waals surface area contributed by atoms with Crippen LogP contribution in [0.5, 0.6) is 23.0 Å². The molecular weight excluding hydrogens is 1250 g/mol. The molecule has 0 atom stereocenters. The third-order valence-corrected chi connectivity index (χ3v) is 12.3. The topological polar surface area (TPSA) is 68.3 Å². The summed E-state index contributed by atoms with van der Waals surface area (Å²) in [7, 11) is 8.17. The first-order chi connectivity index (χ1) is 33.6. The van der Waals surface area contributed by atoms with E-state index in [0.717, 1.165) is 67.3 Å². The molecule has 0 spiro atoms. The molecule has 6 aromatic carbocycles. The standard InChI is InChI=1S/C60H54N8O2.2Pt/c1-59(2,3)41-31-47(67-39-65(55-15-11-13-17-57(55)67)45-23-19-43(20-24-45)63(7)8)35-51(33-41)69-49-27-29-61-53(37-49)54-38-50(28-30-62-54)70-52-34-42(60(4,5)6)32-48(36-52)68-40-66(56-16-12-14-18-58(56)68)46-25-21-44(22-26-46)64(9)10;;/h11-34H,1-10H3;;/q-4;;. The molecule has 370 valence electrons. The van der Waals surface area contributed by atoms with E-state index in [0.29, 0.717) is 34.4 Å². The van der Waals surface area contributed by atoms with Crippen LogP contribution < -0.4 is 28.4 Å². The van der Waals surface area contributed by atoms with E-state index in [1.807, 2.05) is 73.7 Å². The zero-order valence-electron chi connectivity index (χ0n) is 41.9. The van der Waals surface area contributed by atoms with E-state index in [2.05, 4.69) is 192 Å². The summed E-state index contributed by atoms with van der Waals surface area (Å²) in [5, 5.41) is 0. The van der Waals surface area contributed by atoms with Crippen LogP contribution in [0.4, 0.5) is 11.4 Å². The summed E-state index contributed by atoms with van der Waals surface area (Å²) in [5.41, 5.74) is 12.5. The maximum atomic E-state index is 6.60. The van der Waals surface area contributed by atoms with Crippen LogP contribution in [0.1, 0.15) is 52.7 Å². The van der Waals surface area contributed by atoms with Crippen molar-refractivity contribution in [3.05, 3.63) is 194 Å². The van der Waals surface area contributed by atoms with E-state index < -0.39 is 0 Å². The monoisotopic (exact) mass is 1310 g/mol. The van der Waals surface area contributed by atoms with Crippen molar-refractivity contribution in [3.63, 3.8) is 0 Å². The van der Waals surface area contributed by atoms with Gasteiger partial charge in [-0.15, -0.1) is 47.8 Å². The fraction of sp³-hybridized carbons (Fsp3) is 0.200. The Morgan fingerprint density at radius 2 is 0.833 bits per heavy atom. The number of nitrogens with zero attached hydrogens (tertiary/aromatic N) is 8. The van der Waals surface area contributed by atoms with E-state index in [9.17, 15) is 0 Å². The predicted octanol–water partition coefficient (Wildman–Crippen LogP) is 11.7. The molecule has 0 saturated carbocycles. The number of pyridine rings is 2. The Labute approximate surface area is 451 Å². The van der Waals surface area contributed by atoms with Crippen LogP contribution in [0.2, 0.25) is 0 Å². The zero-order chi connectivity index (χ0) is 48.9. The van der Waals surface area contributed by atoms with Gasteiger partial charge in [0.15, 0.2) is 0 Å². The van der Waals surface area contributed by atoms with Crippen LogP contribution in [0.3, 0.4) is 0 Å². The number of aromatic nitrogens is 6. The molecule has 0 unspecified atom stereocenters. The zero-order valence-corrected chi connectivity index (χ0v) is 46.4. The van der Waals surface area contributed by atoms with Gasteiger partial charge < -0.3 is 38.4 Å². The van der Waals surface area contributed by atoms with Gasteiger partial charge in [-0.3, -0.25) is 9.13 Å². The molecule has 10 aromatic rings. The van der Waals surface area contributed by atoms with Crippen LogP contribution in [0.15, 0.2) is 146 Å². The second-order valence-corrected chi connectivity index (χ2v) is 19.8. The van der Waals surface area contributed by atoms with E-state index in [-0.39, 0.29) is 53.0 Å². The van der Waals surface area contributed by atoms with E-state index in [1.54, 1.807) is 24.5 Å². The minimum Gasteiger partial charge on any atom is -0.511 e. The molecule has 4 heterocycles. The van der Waals surface area contributed by atoms with Crippen molar-refractivity contribution in [1.29, 1.82) is 0 Å². The molecule has 0 saturated heterocycles. The molecule has 10 rings (SSSR count). The van der Waals surface area contributed by atoms with Crippen molar-refractivity contribution in [1.82, 2.24) is 19.1 Å². The van der Waals surface area contributed by atoms with Gasteiger partial charge in [-0.05, 0) is 83.1 Å². The first kappa shape index (κ1) is 51.5. The van der Waals surface area contributed by atoms with Gasteiger partial charge in [-0.25, -0.2) is 0 Å². The molecule has 0 radical (unpaired) electrons. The van der Waals surface area contributed by atoms with E-state index in [4.69, 9.17) is 9.47 Å². The molecule has 0 N–H and O–H groups in total. The Kier molecular flexibility index (Phi) is 14.8. The number of hydrogen-bond acceptors (Lipinski definition) is 6. The number of anilines is 2. The molecule has 4 aromatic heterocycles. The minimum absolute atomic E-state index is 0. The number of rotatable bonds is 11. The Morgan fingerprint density at radius 3 is 1.19 bits per heavy atom. The van der Waals surface area contributed by atoms with Crippen molar-refractivity contribution in [2.45, 2.75) is 52.4 Å². The van der Waals surface area contributed by atoms with E-state index in [1.165, 1.54) is 0 Å². The van der Waals surface area contributed by atoms with Crippen molar-refractivity contribution >= 4 is 33.4 Å². The molecule has 0 bridgehead atoms. The molecule has 0 fully saturated rings. The van der Waals surface area contributed by atoms with Gasteiger partial charge in [0, 0.05) is 105 Å². The molecule has 0 aliphatic heterocycles. The fourth-order valence-corrected chi connectivity index (χ4v) is 8.27. The van der Waals surface area contributed by atoms with Gasteiger partial charge in [-0.2, -0.15) is 35.4 Å². The molecule has 72 heavy (non-hydrogen) atoms. The Morgan fingerprint density at radius 1 is 0.458 bits per heavy atom. The van der Waals surface area contributed by atoms with Gasteiger partial charge in [0.2, 0.25) is 0 Å². The van der Waals surface area contributed by atoms with Crippen molar-refractivity contribution < 1.29 is 60.7 Å². The van der Waals surface area contributed by atoms with Gasteiger partial charge in [0.25, 0.3) is 12.7 Å². The molecule has 10 nitrogen and oxygen atoms in total.